The van der Waals surface area contributed by atoms with Crippen molar-refractivity contribution in [3.8, 4) is 17.2 Å². The molecule has 2 aromatic carbocycles. The Bertz CT molecular complexity index is 1090. The lowest BCUT2D eigenvalue weighted by molar-refractivity contribution is -0.113. The highest BCUT2D eigenvalue weighted by Gasteiger charge is 2.17. The summed E-state index contributed by atoms with van der Waals surface area (Å²) in [4.78, 5) is 25.7. The van der Waals surface area contributed by atoms with Gasteiger partial charge >= 0.3 is 0 Å². The van der Waals surface area contributed by atoms with Crippen molar-refractivity contribution in [3.05, 3.63) is 77.9 Å². The summed E-state index contributed by atoms with van der Waals surface area (Å²) >= 11 is 0. The minimum absolute atomic E-state index is 0.00226. The number of nitrogens with one attached hydrogen (secondary N) is 2. The van der Waals surface area contributed by atoms with Crippen molar-refractivity contribution < 1.29 is 28.2 Å². The topological polar surface area (TPSA) is 99.0 Å². The Morgan fingerprint density at radius 1 is 0.903 bits per heavy atom. The molecule has 0 saturated carbocycles. The van der Waals surface area contributed by atoms with E-state index in [1.54, 1.807) is 48.5 Å². The van der Waals surface area contributed by atoms with E-state index in [1.807, 2.05) is 0 Å². The van der Waals surface area contributed by atoms with Gasteiger partial charge in [-0.15, -0.1) is 0 Å². The smallest absolute Gasteiger partial charge is 0.272 e. The number of benzene rings is 2. The molecule has 31 heavy (non-hydrogen) atoms. The van der Waals surface area contributed by atoms with E-state index in [0.29, 0.717) is 28.7 Å². The van der Waals surface area contributed by atoms with Crippen molar-refractivity contribution in [2.45, 2.75) is 0 Å². The third-order valence-electron chi connectivity index (χ3n) is 4.30. The van der Waals surface area contributed by atoms with Crippen LogP contribution in [0.25, 0.3) is 6.08 Å². The summed E-state index contributed by atoms with van der Waals surface area (Å²) in [7, 11) is 4.51. The van der Waals surface area contributed by atoms with Gasteiger partial charge < -0.3 is 29.3 Å². The average molecular weight is 422 g/mol. The maximum Gasteiger partial charge on any atom is 0.272 e. The van der Waals surface area contributed by atoms with Gasteiger partial charge in [0.05, 0.1) is 27.6 Å². The highest BCUT2D eigenvalue weighted by atomic mass is 16.5. The first kappa shape index (κ1) is 21.5. The van der Waals surface area contributed by atoms with Gasteiger partial charge in [-0.1, -0.05) is 6.07 Å². The lowest BCUT2D eigenvalue weighted by Gasteiger charge is -2.13. The van der Waals surface area contributed by atoms with Gasteiger partial charge in [-0.2, -0.15) is 0 Å². The second-order valence-electron chi connectivity index (χ2n) is 6.28. The number of hydrogen-bond donors (Lipinski definition) is 2. The van der Waals surface area contributed by atoms with E-state index in [2.05, 4.69) is 10.6 Å². The molecule has 0 unspecified atom stereocenters. The first-order valence-corrected chi connectivity index (χ1v) is 9.28. The maximum absolute atomic E-state index is 12.9. The molecule has 0 aliphatic carbocycles. The van der Waals surface area contributed by atoms with Gasteiger partial charge in [-0.05, 0) is 42.5 Å². The average Bonchev–Trinajstić information content (AvgIpc) is 3.31. The summed E-state index contributed by atoms with van der Waals surface area (Å²) < 4.78 is 20.9. The molecular formula is C23H22N2O6. The first-order chi connectivity index (χ1) is 15.0. The Morgan fingerprint density at radius 3 is 2.39 bits per heavy atom. The normalized spacial score (nSPS) is 10.9. The van der Waals surface area contributed by atoms with E-state index in [1.165, 1.54) is 39.7 Å². The first-order valence-electron chi connectivity index (χ1n) is 9.28. The van der Waals surface area contributed by atoms with Gasteiger partial charge in [-0.25, -0.2) is 0 Å². The number of furan rings is 1. The van der Waals surface area contributed by atoms with Gasteiger partial charge in [0.25, 0.3) is 11.8 Å². The van der Waals surface area contributed by atoms with Crippen LogP contribution in [0.3, 0.4) is 0 Å². The summed E-state index contributed by atoms with van der Waals surface area (Å²) in [5, 5.41) is 5.37. The van der Waals surface area contributed by atoms with Crippen LogP contribution >= 0.6 is 0 Å². The fourth-order valence-electron chi connectivity index (χ4n) is 2.75. The number of rotatable bonds is 8. The molecule has 0 aliphatic heterocycles. The summed E-state index contributed by atoms with van der Waals surface area (Å²) in [6, 6.07) is 14.9. The maximum atomic E-state index is 12.9. The fraction of sp³-hybridized carbons (Fsp3) is 0.130. The number of carbonyl (C=O) groups excluding carboxylic acids is 2. The summed E-state index contributed by atoms with van der Waals surface area (Å²) in [6.45, 7) is 0. The lowest BCUT2D eigenvalue weighted by atomic mass is 10.1. The number of carbonyl (C=O) groups is 2. The van der Waals surface area contributed by atoms with E-state index >= 15 is 0 Å². The molecule has 3 aromatic rings. The number of amides is 2. The van der Waals surface area contributed by atoms with Gasteiger partial charge in [-0.3, -0.25) is 9.59 Å². The molecule has 0 saturated heterocycles. The molecule has 0 radical (unpaired) electrons. The molecule has 0 bridgehead atoms. The van der Waals surface area contributed by atoms with Crippen molar-refractivity contribution in [3.63, 3.8) is 0 Å². The van der Waals surface area contributed by atoms with Crippen molar-refractivity contribution in [2.24, 2.45) is 0 Å². The van der Waals surface area contributed by atoms with Gasteiger partial charge in [0.15, 0.2) is 11.5 Å². The summed E-state index contributed by atoms with van der Waals surface area (Å²) in [6.07, 6.45) is 2.91. The van der Waals surface area contributed by atoms with Gasteiger partial charge in [0.1, 0.15) is 17.2 Å². The number of anilines is 1. The Labute approximate surface area is 179 Å². The predicted octanol–water partition coefficient (Wildman–Crippen LogP) is 3.72. The zero-order valence-electron chi connectivity index (χ0n) is 17.3. The monoisotopic (exact) mass is 422 g/mol. The minimum Gasteiger partial charge on any atom is -0.497 e. The number of hydrogen-bond acceptors (Lipinski definition) is 6. The van der Waals surface area contributed by atoms with Crippen LogP contribution in [0.5, 0.6) is 17.2 Å². The highest BCUT2D eigenvalue weighted by molar-refractivity contribution is 6.10. The van der Waals surface area contributed by atoms with E-state index < -0.39 is 11.8 Å². The molecule has 1 aromatic heterocycles. The molecule has 1 heterocycles. The largest absolute Gasteiger partial charge is 0.497 e. The lowest BCUT2D eigenvalue weighted by Crippen LogP contribution is -2.30. The Balaban J connectivity index is 1.85. The van der Waals surface area contributed by atoms with Crippen LogP contribution in [0.4, 0.5) is 5.69 Å². The highest BCUT2D eigenvalue weighted by Crippen LogP contribution is 2.27. The molecule has 0 atom stereocenters. The van der Waals surface area contributed by atoms with E-state index in [9.17, 15) is 9.59 Å². The van der Waals surface area contributed by atoms with Crippen molar-refractivity contribution in [1.29, 1.82) is 0 Å². The number of methoxy groups -OCH3 is 3. The standard InChI is InChI=1S/C23H22N2O6/c1-28-17-7-4-6-16(13-17)24-23(27)19(14-18-8-5-11-31-18)25-22(26)15-9-10-20(29-2)21(12-15)30-3/h4-14H,1-3H3,(H,24,27)(H,25,26)/b19-14-. The third kappa shape index (κ3) is 5.45. The van der Waals surface area contributed by atoms with Crippen molar-refractivity contribution >= 4 is 23.6 Å². The van der Waals surface area contributed by atoms with E-state index in [-0.39, 0.29) is 11.3 Å². The molecule has 160 valence electrons. The quantitative estimate of drug-likeness (QED) is 0.537. The van der Waals surface area contributed by atoms with Crippen LogP contribution in [0.2, 0.25) is 0 Å². The zero-order chi connectivity index (χ0) is 22.2. The summed E-state index contributed by atoms with van der Waals surface area (Å²) in [5.41, 5.74) is 0.796. The number of ether oxygens (including phenoxy) is 3. The molecule has 2 amide bonds. The SMILES string of the molecule is COc1cccc(NC(=O)/C(=C/c2ccco2)NC(=O)c2ccc(OC)c(OC)c2)c1. The van der Waals surface area contributed by atoms with Crippen LogP contribution in [0.15, 0.2) is 71.0 Å². The molecule has 3 rings (SSSR count). The van der Waals surface area contributed by atoms with Crippen molar-refractivity contribution in [2.75, 3.05) is 26.6 Å². The summed E-state index contributed by atoms with van der Waals surface area (Å²) in [5.74, 6) is 0.846. The molecule has 0 aliphatic rings. The van der Waals surface area contributed by atoms with Gasteiger partial charge in [0, 0.05) is 23.4 Å². The Hall–Kier alpha value is -4.20. The van der Waals surface area contributed by atoms with Crippen LogP contribution < -0.4 is 24.8 Å². The molecule has 0 spiro atoms. The fourth-order valence-corrected chi connectivity index (χ4v) is 2.75. The molecule has 8 nitrogen and oxygen atoms in total. The molecule has 2 N–H and O–H groups in total. The zero-order valence-corrected chi connectivity index (χ0v) is 17.3. The van der Waals surface area contributed by atoms with E-state index in [4.69, 9.17) is 18.6 Å². The van der Waals surface area contributed by atoms with Crippen LogP contribution in [0.1, 0.15) is 16.1 Å². The molecular weight excluding hydrogens is 400 g/mol. The molecule has 8 heteroatoms. The van der Waals surface area contributed by atoms with Crippen LogP contribution in [0, 0.1) is 0 Å². The van der Waals surface area contributed by atoms with Crippen LogP contribution in [-0.2, 0) is 4.79 Å². The van der Waals surface area contributed by atoms with E-state index in [0.717, 1.165) is 0 Å². The van der Waals surface area contributed by atoms with Crippen molar-refractivity contribution in [1.82, 2.24) is 5.32 Å². The Morgan fingerprint density at radius 2 is 1.71 bits per heavy atom. The second kappa shape index (κ2) is 10.0. The van der Waals surface area contributed by atoms with Gasteiger partial charge in [0.2, 0.25) is 0 Å². The Kier molecular flexibility index (Phi) is 6.95. The third-order valence-corrected chi connectivity index (χ3v) is 4.30. The predicted molar refractivity (Wildman–Crippen MR) is 115 cm³/mol. The molecule has 0 fully saturated rings. The second-order valence-corrected chi connectivity index (χ2v) is 6.28. The van der Waals surface area contributed by atoms with Crippen LogP contribution in [-0.4, -0.2) is 33.1 Å². The minimum atomic E-state index is -0.529.